The molecule has 1 aliphatic heterocycles. The molecule has 2 aromatic rings. The molecule has 1 fully saturated rings. The maximum absolute atomic E-state index is 12.6. The molecule has 1 unspecified atom stereocenters. The van der Waals surface area contributed by atoms with Gasteiger partial charge in [0.1, 0.15) is 5.92 Å². The van der Waals surface area contributed by atoms with E-state index in [9.17, 15) is 9.59 Å². The highest BCUT2D eigenvalue weighted by molar-refractivity contribution is 9.10. The highest BCUT2D eigenvalue weighted by Gasteiger charge is 2.37. The summed E-state index contributed by atoms with van der Waals surface area (Å²) < 4.78 is 0.912. The molecule has 1 aliphatic rings. The lowest BCUT2D eigenvalue weighted by atomic mass is 10.1. The predicted octanol–water partition coefficient (Wildman–Crippen LogP) is 3.70. The first-order valence-electron chi connectivity index (χ1n) is 8.24. The number of carbonyl (C=O) groups excluding carboxylic acids is 2. The van der Waals surface area contributed by atoms with E-state index in [1.54, 1.807) is 16.2 Å². The van der Waals surface area contributed by atoms with Gasteiger partial charge in [0.25, 0.3) is 0 Å². The number of benzene rings is 1. The second kappa shape index (κ2) is 7.66. The fraction of sp³-hybridized carbons (Fsp3) is 0.389. The van der Waals surface area contributed by atoms with Crippen LogP contribution < -0.4 is 10.2 Å². The second-order valence-corrected chi connectivity index (χ2v) is 8.17. The number of hydrogen-bond acceptors (Lipinski definition) is 4. The van der Waals surface area contributed by atoms with Crippen LogP contribution in [0.4, 0.5) is 5.69 Å². The quantitative estimate of drug-likeness (QED) is 0.748. The van der Waals surface area contributed by atoms with Gasteiger partial charge in [-0.3, -0.25) is 9.59 Å². The van der Waals surface area contributed by atoms with Gasteiger partial charge in [0.2, 0.25) is 11.8 Å². The fourth-order valence-corrected chi connectivity index (χ4v) is 4.02. The van der Waals surface area contributed by atoms with Crippen LogP contribution in [0.2, 0.25) is 0 Å². The van der Waals surface area contributed by atoms with Crippen molar-refractivity contribution in [3.63, 3.8) is 0 Å². The van der Waals surface area contributed by atoms with Gasteiger partial charge in [-0.25, -0.2) is 4.98 Å². The Balaban J connectivity index is 1.60. The van der Waals surface area contributed by atoms with Gasteiger partial charge >= 0.3 is 0 Å². The van der Waals surface area contributed by atoms with E-state index in [0.717, 1.165) is 20.9 Å². The van der Waals surface area contributed by atoms with E-state index >= 15 is 0 Å². The van der Waals surface area contributed by atoms with Crippen LogP contribution in [0, 0.1) is 5.92 Å². The number of hydrogen-bond donors (Lipinski definition) is 1. The number of thiazole rings is 1. The molecule has 1 atom stereocenters. The predicted molar refractivity (Wildman–Crippen MR) is 103 cm³/mol. The van der Waals surface area contributed by atoms with E-state index in [1.165, 1.54) is 0 Å². The van der Waals surface area contributed by atoms with Crippen LogP contribution >= 0.6 is 27.3 Å². The number of amides is 2. The van der Waals surface area contributed by atoms with Gasteiger partial charge in [0.15, 0.2) is 0 Å². The summed E-state index contributed by atoms with van der Waals surface area (Å²) in [6.07, 6.45) is 0.533. The molecule has 0 radical (unpaired) electrons. The van der Waals surface area contributed by atoms with Crippen LogP contribution in [0.25, 0.3) is 0 Å². The molecule has 0 bridgehead atoms. The monoisotopic (exact) mass is 421 g/mol. The smallest absolute Gasteiger partial charge is 0.239 e. The molecule has 0 spiro atoms. The van der Waals surface area contributed by atoms with E-state index in [1.807, 2.05) is 29.6 Å². The van der Waals surface area contributed by atoms with Gasteiger partial charge in [0, 0.05) is 28.0 Å². The van der Waals surface area contributed by atoms with Crippen molar-refractivity contribution in [2.75, 3.05) is 11.4 Å². The average Bonchev–Trinajstić information content (AvgIpc) is 3.19. The summed E-state index contributed by atoms with van der Waals surface area (Å²) in [5, 5.41) is 5.87. The molecule has 2 amide bonds. The first-order chi connectivity index (χ1) is 12.0. The molecule has 132 valence electrons. The summed E-state index contributed by atoms with van der Waals surface area (Å²) in [5.41, 5.74) is 1.66. The van der Waals surface area contributed by atoms with Crippen molar-refractivity contribution < 1.29 is 9.59 Å². The van der Waals surface area contributed by atoms with Crippen molar-refractivity contribution in [1.29, 1.82) is 0 Å². The van der Waals surface area contributed by atoms with Crippen LogP contribution in [0.5, 0.6) is 0 Å². The summed E-state index contributed by atoms with van der Waals surface area (Å²) in [7, 11) is 0. The van der Waals surface area contributed by atoms with Gasteiger partial charge in [0.05, 0.1) is 17.2 Å². The van der Waals surface area contributed by atoms with E-state index in [-0.39, 0.29) is 11.8 Å². The summed E-state index contributed by atoms with van der Waals surface area (Å²) in [5.74, 6) is -0.606. The van der Waals surface area contributed by atoms with Gasteiger partial charge < -0.3 is 10.2 Å². The molecule has 0 saturated carbocycles. The van der Waals surface area contributed by atoms with E-state index in [2.05, 4.69) is 40.1 Å². The molecule has 1 N–H and O–H groups in total. The lowest BCUT2D eigenvalue weighted by molar-refractivity contribution is -0.132. The molecule has 3 rings (SSSR count). The molecule has 25 heavy (non-hydrogen) atoms. The molecule has 2 heterocycles. The van der Waals surface area contributed by atoms with Crippen molar-refractivity contribution in [2.24, 2.45) is 5.92 Å². The maximum Gasteiger partial charge on any atom is 0.239 e. The number of nitrogens with zero attached hydrogens (tertiary/aromatic N) is 2. The van der Waals surface area contributed by atoms with Crippen LogP contribution in [0.3, 0.4) is 0 Å². The average molecular weight is 422 g/mol. The Morgan fingerprint density at radius 1 is 1.48 bits per heavy atom. The molecule has 1 saturated heterocycles. The summed E-state index contributed by atoms with van der Waals surface area (Å²) in [6, 6.07) is 7.56. The molecule has 1 aromatic heterocycles. The number of halogens is 1. The molecule has 1 aromatic carbocycles. The van der Waals surface area contributed by atoms with Gasteiger partial charge in [-0.1, -0.05) is 35.8 Å². The first kappa shape index (κ1) is 18.1. The lowest BCUT2D eigenvalue weighted by Gasteiger charge is -2.17. The third-order valence-corrected chi connectivity index (χ3v) is 5.84. The van der Waals surface area contributed by atoms with Crippen molar-refractivity contribution in [3.8, 4) is 0 Å². The Kier molecular flexibility index (Phi) is 5.54. The fourth-order valence-electron chi connectivity index (χ4n) is 2.79. The van der Waals surface area contributed by atoms with E-state index in [4.69, 9.17) is 0 Å². The topological polar surface area (TPSA) is 62.3 Å². The standard InChI is InChI=1S/C18H20BrN3O2S/c1-11(2)17-21-13(10-25-17)9-20-16(23)15-6-7-22(18(15)24)14-5-3-4-12(19)8-14/h3-5,8,10-11,15H,6-7,9H2,1-2H3,(H,20,23). The highest BCUT2D eigenvalue weighted by Crippen LogP contribution is 2.27. The van der Waals surface area contributed by atoms with Crippen molar-refractivity contribution in [2.45, 2.75) is 32.7 Å². The molecular formula is C18H20BrN3O2S. The Bertz CT molecular complexity index is 790. The third kappa shape index (κ3) is 4.10. The molecule has 5 nitrogen and oxygen atoms in total. The van der Waals surface area contributed by atoms with E-state index in [0.29, 0.717) is 25.4 Å². The molecular weight excluding hydrogens is 402 g/mol. The van der Waals surface area contributed by atoms with Crippen molar-refractivity contribution >= 4 is 44.8 Å². The Morgan fingerprint density at radius 3 is 2.96 bits per heavy atom. The number of anilines is 1. The van der Waals surface area contributed by atoms with Gasteiger partial charge in [-0.2, -0.15) is 0 Å². The summed E-state index contributed by atoms with van der Waals surface area (Å²) in [6.45, 7) is 5.11. The highest BCUT2D eigenvalue weighted by atomic mass is 79.9. The number of rotatable bonds is 5. The molecule has 7 heteroatoms. The largest absolute Gasteiger partial charge is 0.350 e. The van der Waals surface area contributed by atoms with Gasteiger partial charge in [-0.15, -0.1) is 11.3 Å². The molecule has 0 aliphatic carbocycles. The minimum absolute atomic E-state index is 0.142. The Hall–Kier alpha value is -1.73. The first-order valence-corrected chi connectivity index (χ1v) is 9.92. The van der Waals surface area contributed by atoms with Crippen LogP contribution in [-0.2, 0) is 16.1 Å². The lowest BCUT2D eigenvalue weighted by Crippen LogP contribution is -2.36. The maximum atomic E-state index is 12.6. The van der Waals surface area contributed by atoms with Gasteiger partial charge in [-0.05, 0) is 24.6 Å². The number of aromatic nitrogens is 1. The van der Waals surface area contributed by atoms with Crippen LogP contribution in [0.1, 0.15) is 36.9 Å². The zero-order chi connectivity index (χ0) is 18.0. The number of carbonyl (C=O) groups is 2. The minimum Gasteiger partial charge on any atom is -0.350 e. The van der Waals surface area contributed by atoms with Crippen LogP contribution in [0.15, 0.2) is 34.1 Å². The zero-order valence-electron chi connectivity index (χ0n) is 14.2. The Labute approximate surface area is 159 Å². The summed E-state index contributed by atoms with van der Waals surface area (Å²) >= 11 is 5.01. The number of nitrogens with one attached hydrogen (secondary N) is 1. The Morgan fingerprint density at radius 2 is 2.28 bits per heavy atom. The SMILES string of the molecule is CC(C)c1nc(CNC(=O)C2CCN(c3cccc(Br)c3)C2=O)cs1. The van der Waals surface area contributed by atoms with Crippen molar-refractivity contribution in [1.82, 2.24) is 10.3 Å². The zero-order valence-corrected chi connectivity index (χ0v) is 16.6. The van der Waals surface area contributed by atoms with Crippen molar-refractivity contribution in [3.05, 3.63) is 44.8 Å². The normalized spacial score (nSPS) is 17.4. The van der Waals surface area contributed by atoms with Crippen LogP contribution in [-0.4, -0.2) is 23.3 Å². The summed E-state index contributed by atoms with van der Waals surface area (Å²) in [4.78, 5) is 31.2. The minimum atomic E-state index is -0.623. The second-order valence-electron chi connectivity index (χ2n) is 6.36. The third-order valence-electron chi connectivity index (χ3n) is 4.15. The van der Waals surface area contributed by atoms with E-state index < -0.39 is 5.92 Å².